The van der Waals surface area contributed by atoms with Crippen LogP contribution in [0.3, 0.4) is 0 Å². The molecule has 3 atom stereocenters. The molecular formula is C57H110O6. The fraction of sp³-hybridized carbons (Fsp3) is 0.947. The molecule has 0 aromatic rings. The van der Waals surface area contributed by atoms with Crippen LogP contribution < -0.4 is 0 Å². The molecule has 0 saturated carbocycles. The summed E-state index contributed by atoms with van der Waals surface area (Å²) in [5.74, 6) is 1.70. The lowest BCUT2D eigenvalue weighted by atomic mass is 9.99. The third-order valence-corrected chi connectivity index (χ3v) is 13.6. The lowest BCUT2D eigenvalue weighted by Crippen LogP contribution is -2.30. The Morgan fingerprint density at radius 3 is 0.825 bits per heavy atom. The minimum absolute atomic E-state index is 0.0647. The zero-order chi connectivity index (χ0) is 46.3. The van der Waals surface area contributed by atoms with E-state index in [0.717, 1.165) is 75.5 Å². The number of ether oxygens (including phenoxy) is 3. The summed E-state index contributed by atoms with van der Waals surface area (Å²) in [6.07, 6.45) is 49.5. The van der Waals surface area contributed by atoms with E-state index in [-0.39, 0.29) is 31.1 Å². The van der Waals surface area contributed by atoms with Gasteiger partial charge in [0.15, 0.2) is 6.10 Å². The molecular weight excluding hydrogens is 781 g/mol. The van der Waals surface area contributed by atoms with Crippen molar-refractivity contribution in [3.63, 3.8) is 0 Å². The second-order valence-corrected chi connectivity index (χ2v) is 20.5. The molecule has 6 nitrogen and oxygen atoms in total. The van der Waals surface area contributed by atoms with Crippen LogP contribution in [0, 0.1) is 17.8 Å². The first-order valence-electron chi connectivity index (χ1n) is 28.2. The summed E-state index contributed by atoms with van der Waals surface area (Å²) >= 11 is 0. The molecule has 0 bridgehead atoms. The van der Waals surface area contributed by atoms with Gasteiger partial charge in [-0.2, -0.15) is 0 Å². The molecule has 6 heteroatoms. The predicted octanol–water partition coefficient (Wildman–Crippen LogP) is 18.3. The normalized spacial score (nSPS) is 13.0. The van der Waals surface area contributed by atoms with E-state index in [1.54, 1.807) is 0 Å². The molecule has 0 fully saturated rings. The van der Waals surface area contributed by atoms with Crippen molar-refractivity contribution in [3.8, 4) is 0 Å². The van der Waals surface area contributed by atoms with Crippen molar-refractivity contribution < 1.29 is 28.6 Å². The Kier molecular flexibility index (Phi) is 47.1. The largest absolute Gasteiger partial charge is 0.462 e. The fourth-order valence-corrected chi connectivity index (χ4v) is 8.58. The van der Waals surface area contributed by atoms with E-state index in [4.69, 9.17) is 14.2 Å². The zero-order valence-electron chi connectivity index (χ0n) is 43.4. The molecule has 2 unspecified atom stereocenters. The van der Waals surface area contributed by atoms with Gasteiger partial charge >= 0.3 is 17.9 Å². The van der Waals surface area contributed by atoms with Gasteiger partial charge in [0.1, 0.15) is 13.2 Å². The van der Waals surface area contributed by atoms with Gasteiger partial charge in [0, 0.05) is 19.3 Å². The Labute approximate surface area is 393 Å². The molecule has 0 saturated heterocycles. The molecule has 63 heavy (non-hydrogen) atoms. The van der Waals surface area contributed by atoms with Crippen LogP contribution in [0.2, 0.25) is 0 Å². The first-order chi connectivity index (χ1) is 30.7. The monoisotopic (exact) mass is 891 g/mol. The van der Waals surface area contributed by atoms with Crippen molar-refractivity contribution in [1.29, 1.82) is 0 Å². The smallest absolute Gasteiger partial charge is 0.306 e. The van der Waals surface area contributed by atoms with E-state index in [9.17, 15) is 14.4 Å². The summed E-state index contributed by atoms with van der Waals surface area (Å²) in [6, 6.07) is 0. The van der Waals surface area contributed by atoms with Crippen molar-refractivity contribution in [2.75, 3.05) is 13.2 Å². The first kappa shape index (κ1) is 61.4. The van der Waals surface area contributed by atoms with Crippen LogP contribution in [0.1, 0.15) is 311 Å². The minimum atomic E-state index is -0.763. The summed E-state index contributed by atoms with van der Waals surface area (Å²) < 4.78 is 16.8. The molecule has 0 aliphatic carbocycles. The first-order valence-corrected chi connectivity index (χ1v) is 28.2. The maximum Gasteiger partial charge on any atom is 0.306 e. The number of hydrogen-bond acceptors (Lipinski definition) is 6. The molecule has 0 aliphatic heterocycles. The third kappa shape index (κ3) is 48.2. The second-order valence-electron chi connectivity index (χ2n) is 20.5. The van der Waals surface area contributed by atoms with Crippen LogP contribution in [0.4, 0.5) is 0 Å². The Morgan fingerprint density at radius 1 is 0.317 bits per heavy atom. The van der Waals surface area contributed by atoms with Crippen molar-refractivity contribution >= 4 is 17.9 Å². The minimum Gasteiger partial charge on any atom is -0.462 e. The van der Waals surface area contributed by atoms with E-state index >= 15 is 0 Å². The van der Waals surface area contributed by atoms with Gasteiger partial charge in [-0.1, -0.05) is 273 Å². The predicted molar refractivity (Wildman–Crippen MR) is 270 cm³/mol. The van der Waals surface area contributed by atoms with E-state index in [1.165, 1.54) is 193 Å². The molecule has 0 heterocycles. The van der Waals surface area contributed by atoms with Crippen molar-refractivity contribution in [1.82, 2.24) is 0 Å². The van der Waals surface area contributed by atoms with Crippen molar-refractivity contribution in [3.05, 3.63) is 0 Å². The van der Waals surface area contributed by atoms with E-state index in [0.29, 0.717) is 19.3 Å². The summed E-state index contributed by atoms with van der Waals surface area (Å²) in [7, 11) is 0. The number of carbonyl (C=O) groups is 3. The van der Waals surface area contributed by atoms with Gasteiger partial charge in [-0.25, -0.2) is 0 Å². The SMILES string of the molecule is CCC(C)CCCCCCCCCCCCCCCCCCCCC(=O)OC[C@@H](COC(=O)CCCCCCCCCCC(C)C)OC(=O)CCCCCCCCCCC(C)CC. The number of unbranched alkanes of at least 4 members (excludes halogenated alkanes) is 31. The van der Waals surface area contributed by atoms with Gasteiger partial charge in [0.05, 0.1) is 0 Å². The van der Waals surface area contributed by atoms with Crippen molar-refractivity contribution in [2.24, 2.45) is 17.8 Å². The molecule has 0 aromatic heterocycles. The van der Waals surface area contributed by atoms with Crippen LogP contribution in [0.25, 0.3) is 0 Å². The van der Waals surface area contributed by atoms with Gasteiger partial charge in [-0.05, 0) is 37.0 Å². The molecule has 0 amide bonds. The van der Waals surface area contributed by atoms with E-state index < -0.39 is 6.10 Å². The molecule has 0 aliphatic rings. The Morgan fingerprint density at radius 2 is 0.556 bits per heavy atom. The Hall–Kier alpha value is -1.59. The maximum absolute atomic E-state index is 12.8. The summed E-state index contributed by atoms with van der Waals surface area (Å²) in [5, 5.41) is 0. The highest BCUT2D eigenvalue weighted by Crippen LogP contribution is 2.19. The fourth-order valence-electron chi connectivity index (χ4n) is 8.58. The average Bonchev–Trinajstić information content (AvgIpc) is 3.27. The average molecular weight is 892 g/mol. The number of hydrogen-bond donors (Lipinski definition) is 0. The highest BCUT2D eigenvalue weighted by molar-refractivity contribution is 5.71. The summed E-state index contributed by atoms with van der Waals surface area (Å²) in [5.41, 5.74) is 0. The number of esters is 3. The van der Waals surface area contributed by atoms with E-state index in [1.807, 2.05) is 0 Å². The van der Waals surface area contributed by atoms with E-state index in [2.05, 4.69) is 41.5 Å². The lowest BCUT2D eigenvalue weighted by Gasteiger charge is -2.18. The lowest BCUT2D eigenvalue weighted by molar-refractivity contribution is -0.167. The summed E-state index contributed by atoms with van der Waals surface area (Å²) in [4.78, 5) is 38.0. The van der Waals surface area contributed by atoms with Crippen LogP contribution in [-0.4, -0.2) is 37.2 Å². The van der Waals surface area contributed by atoms with Crippen LogP contribution in [0.15, 0.2) is 0 Å². The molecule has 0 aromatic carbocycles. The van der Waals surface area contributed by atoms with Crippen LogP contribution in [-0.2, 0) is 28.6 Å². The third-order valence-electron chi connectivity index (χ3n) is 13.6. The number of rotatable bonds is 50. The molecule has 0 rings (SSSR count). The standard InChI is InChI=1S/C57H110O6/c1-7-52(5)44-38-32-26-19-17-15-13-11-9-10-12-14-16-18-20-28-34-40-46-55(58)61-49-54(50-62-56(59)47-41-35-29-23-21-25-31-37-43-51(3)4)63-57(60)48-42-36-30-24-22-27-33-39-45-53(6)8-2/h51-54H,7-50H2,1-6H3/t52?,53?,54-/m0/s1. The highest BCUT2D eigenvalue weighted by Gasteiger charge is 2.19. The van der Waals surface area contributed by atoms with Gasteiger partial charge in [0.2, 0.25) is 0 Å². The van der Waals surface area contributed by atoms with Crippen LogP contribution in [0.5, 0.6) is 0 Å². The molecule has 374 valence electrons. The zero-order valence-corrected chi connectivity index (χ0v) is 43.4. The van der Waals surface area contributed by atoms with Crippen molar-refractivity contribution in [2.45, 2.75) is 317 Å². The van der Waals surface area contributed by atoms with Crippen LogP contribution >= 0.6 is 0 Å². The highest BCUT2D eigenvalue weighted by atomic mass is 16.6. The molecule has 0 spiro atoms. The molecule has 0 N–H and O–H groups in total. The number of carbonyl (C=O) groups excluding carboxylic acids is 3. The molecule has 0 radical (unpaired) electrons. The van der Waals surface area contributed by atoms with Gasteiger partial charge in [0.25, 0.3) is 0 Å². The van der Waals surface area contributed by atoms with Gasteiger partial charge in [-0.3, -0.25) is 14.4 Å². The van der Waals surface area contributed by atoms with Gasteiger partial charge < -0.3 is 14.2 Å². The summed E-state index contributed by atoms with van der Waals surface area (Å²) in [6.45, 7) is 13.8. The topological polar surface area (TPSA) is 78.9 Å². The second kappa shape index (κ2) is 48.3. The quantitative estimate of drug-likeness (QED) is 0.0344. The van der Waals surface area contributed by atoms with Gasteiger partial charge in [-0.15, -0.1) is 0 Å². The maximum atomic E-state index is 12.8. The Bertz CT molecular complexity index is 980. The Balaban J connectivity index is 4.20.